The normalized spacial score (nSPS) is 10.9. The van der Waals surface area contributed by atoms with E-state index in [9.17, 15) is 0 Å². The zero-order valence-electron chi connectivity index (χ0n) is 8.77. The van der Waals surface area contributed by atoms with Crippen LogP contribution in [0.5, 0.6) is 0 Å². The number of benzene rings is 2. The lowest BCUT2D eigenvalue weighted by molar-refractivity contribution is 1.09. The zero-order chi connectivity index (χ0) is 11.8. The summed E-state index contributed by atoms with van der Waals surface area (Å²) in [4.78, 5) is 4.31. The SMILES string of the molecule is Clc1ccc(-n2c(Cl)nc3ccccc32)cc1. The summed E-state index contributed by atoms with van der Waals surface area (Å²) in [7, 11) is 0. The predicted molar refractivity (Wildman–Crippen MR) is 71.1 cm³/mol. The molecular formula is C13H8Cl2N2. The Morgan fingerprint density at radius 3 is 2.35 bits per heavy atom. The lowest BCUT2D eigenvalue weighted by atomic mass is 10.3. The maximum absolute atomic E-state index is 6.16. The van der Waals surface area contributed by atoms with Gasteiger partial charge in [-0.05, 0) is 48.0 Å². The van der Waals surface area contributed by atoms with E-state index in [1.54, 1.807) is 0 Å². The van der Waals surface area contributed by atoms with E-state index in [1.165, 1.54) is 0 Å². The summed E-state index contributed by atoms with van der Waals surface area (Å²) in [6, 6.07) is 15.3. The van der Waals surface area contributed by atoms with E-state index in [0.29, 0.717) is 10.3 Å². The Bertz CT molecular complexity index is 671. The highest BCUT2D eigenvalue weighted by Gasteiger charge is 2.09. The Morgan fingerprint density at radius 1 is 0.882 bits per heavy atom. The molecule has 0 aliphatic carbocycles. The largest absolute Gasteiger partial charge is 0.283 e. The Balaban J connectivity index is 2.29. The summed E-state index contributed by atoms with van der Waals surface area (Å²) in [6.07, 6.45) is 0. The Morgan fingerprint density at radius 2 is 1.59 bits per heavy atom. The van der Waals surface area contributed by atoms with Crippen LogP contribution in [0.4, 0.5) is 0 Å². The molecule has 0 aliphatic rings. The minimum Gasteiger partial charge on any atom is -0.283 e. The van der Waals surface area contributed by atoms with Crippen LogP contribution in [-0.2, 0) is 0 Å². The molecular weight excluding hydrogens is 255 g/mol. The number of hydrogen-bond donors (Lipinski definition) is 0. The third-order valence-electron chi connectivity index (χ3n) is 2.60. The van der Waals surface area contributed by atoms with Gasteiger partial charge < -0.3 is 0 Å². The van der Waals surface area contributed by atoms with Gasteiger partial charge in [0.25, 0.3) is 0 Å². The van der Waals surface area contributed by atoms with Crippen LogP contribution >= 0.6 is 23.2 Å². The van der Waals surface area contributed by atoms with Gasteiger partial charge in [-0.25, -0.2) is 4.98 Å². The van der Waals surface area contributed by atoms with E-state index >= 15 is 0 Å². The highest BCUT2D eigenvalue weighted by Crippen LogP contribution is 2.25. The lowest BCUT2D eigenvalue weighted by Gasteiger charge is -2.05. The zero-order valence-corrected chi connectivity index (χ0v) is 10.3. The average molecular weight is 263 g/mol. The molecule has 0 radical (unpaired) electrons. The second-order valence-electron chi connectivity index (χ2n) is 3.68. The van der Waals surface area contributed by atoms with Crippen LogP contribution in [0.15, 0.2) is 48.5 Å². The fourth-order valence-corrected chi connectivity index (χ4v) is 2.24. The van der Waals surface area contributed by atoms with Crippen molar-refractivity contribution >= 4 is 34.2 Å². The molecule has 2 aromatic carbocycles. The van der Waals surface area contributed by atoms with Crippen LogP contribution in [0.25, 0.3) is 16.7 Å². The Labute approximate surface area is 108 Å². The first-order valence-electron chi connectivity index (χ1n) is 5.14. The van der Waals surface area contributed by atoms with Crippen LogP contribution in [-0.4, -0.2) is 9.55 Å². The summed E-state index contributed by atoms with van der Waals surface area (Å²) < 4.78 is 1.90. The molecule has 1 aromatic heterocycles. The van der Waals surface area contributed by atoms with Gasteiger partial charge in [0.1, 0.15) is 0 Å². The molecule has 0 aliphatic heterocycles. The van der Waals surface area contributed by atoms with E-state index in [0.717, 1.165) is 16.7 Å². The van der Waals surface area contributed by atoms with Gasteiger partial charge in [-0.2, -0.15) is 0 Å². The van der Waals surface area contributed by atoms with Gasteiger partial charge in [0.15, 0.2) is 0 Å². The van der Waals surface area contributed by atoms with Crippen LogP contribution in [0.1, 0.15) is 0 Å². The number of halogens is 2. The Kier molecular flexibility index (Phi) is 2.54. The van der Waals surface area contributed by atoms with Crippen LogP contribution < -0.4 is 0 Å². The third kappa shape index (κ3) is 1.79. The van der Waals surface area contributed by atoms with Crippen molar-refractivity contribution in [2.24, 2.45) is 0 Å². The quantitative estimate of drug-likeness (QED) is 0.638. The summed E-state index contributed by atoms with van der Waals surface area (Å²) in [5.41, 5.74) is 2.82. The third-order valence-corrected chi connectivity index (χ3v) is 3.11. The van der Waals surface area contributed by atoms with Crippen molar-refractivity contribution in [2.45, 2.75) is 0 Å². The molecule has 0 bridgehead atoms. The van der Waals surface area contributed by atoms with E-state index in [1.807, 2.05) is 53.1 Å². The van der Waals surface area contributed by atoms with Gasteiger partial charge >= 0.3 is 0 Å². The van der Waals surface area contributed by atoms with Crippen molar-refractivity contribution in [3.63, 3.8) is 0 Å². The van der Waals surface area contributed by atoms with Crippen LogP contribution in [0.3, 0.4) is 0 Å². The summed E-state index contributed by atoms with van der Waals surface area (Å²) in [5.74, 6) is 0. The highest BCUT2D eigenvalue weighted by atomic mass is 35.5. The number of fused-ring (bicyclic) bond motifs is 1. The number of para-hydroxylation sites is 2. The van der Waals surface area contributed by atoms with Gasteiger partial charge in [0, 0.05) is 10.7 Å². The van der Waals surface area contributed by atoms with E-state index in [2.05, 4.69) is 4.98 Å². The van der Waals surface area contributed by atoms with Crippen molar-refractivity contribution < 1.29 is 0 Å². The number of nitrogens with zero attached hydrogens (tertiary/aromatic N) is 2. The molecule has 2 nitrogen and oxygen atoms in total. The van der Waals surface area contributed by atoms with Gasteiger partial charge in [-0.1, -0.05) is 23.7 Å². The van der Waals surface area contributed by atoms with Crippen molar-refractivity contribution in [1.29, 1.82) is 0 Å². The predicted octanol–water partition coefficient (Wildman–Crippen LogP) is 4.33. The second-order valence-corrected chi connectivity index (χ2v) is 4.46. The van der Waals surface area contributed by atoms with Crippen molar-refractivity contribution in [3.8, 4) is 5.69 Å². The molecule has 0 unspecified atom stereocenters. The van der Waals surface area contributed by atoms with Gasteiger partial charge in [-0.15, -0.1) is 0 Å². The molecule has 0 atom stereocenters. The first-order chi connectivity index (χ1) is 8.25. The minimum absolute atomic E-state index is 0.452. The van der Waals surface area contributed by atoms with Crippen LogP contribution in [0.2, 0.25) is 10.3 Å². The molecule has 1 heterocycles. The number of hydrogen-bond acceptors (Lipinski definition) is 1. The average Bonchev–Trinajstić information content (AvgIpc) is 2.66. The highest BCUT2D eigenvalue weighted by molar-refractivity contribution is 6.30. The molecule has 0 saturated heterocycles. The van der Waals surface area contributed by atoms with Gasteiger partial charge in [0.05, 0.1) is 11.0 Å². The minimum atomic E-state index is 0.452. The second kappa shape index (κ2) is 4.06. The standard InChI is InChI=1S/C13H8Cl2N2/c14-9-5-7-10(8-6-9)17-12-4-2-1-3-11(12)16-13(17)15/h1-8H. The number of imidazole rings is 1. The van der Waals surface area contributed by atoms with Crippen molar-refractivity contribution in [3.05, 3.63) is 58.8 Å². The number of aromatic nitrogens is 2. The molecule has 0 spiro atoms. The first-order valence-corrected chi connectivity index (χ1v) is 5.90. The molecule has 4 heteroatoms. The lowest BCUT2D eigenvalue weighted by Crippen LogP contribution is -1.93. The van der Waals surface area contributed by atoms with E-state index in [4.69, 9.17) is 23.2 Å². The van der Waals surface area contributed by atoms with Gasteiger partial charge in [0.2, 0.25) is 5.28 Å². The van der Waals surface area contributed by atoms with E-state index < -0.39 is 0 Å². The molecule has 17 heavy (non-hydrogen) atoms. The van der Waals surface area contributed by atoms with Crippen LogP contribution in [0, 0.1) is 0 Å². The fraction of sp³-hybridized carbons (Fsp3) is 0. The summed E-state index contributed by atoms with van der Waals surface area (Å²) in [5, 5.41) is 1.16. The topological polar surface area (TPSA) is 17.8 Å². The van der Waals surface area contributed by atoms with Gasteiger partial charge in [-0.3, -0.25) is 4.57 Å². The summed E-state index contributed by atoms with van der Waals surface area (Å²) in [6.45, 7) is 0. The van der Waals surface area contributed by atoms with Crippen molar-refractivity contribution in [2.75, 3.05) is 0 Å². The monoisotopic (exact) mass is 262 g/mol. The molecule has 3 rings (SSSR count). The molecule has 0 saturated carbocycles. The van der Waals surface area contributed by atoms with E-state index in [-0.39, 0.29) is 0 Å². The molecule has 0 amide bonds. The maximum atomic E-state index is 6.16. The molecule has 84 valence electrons. The maximum Gasteiger partial charge on any atom is 0.208 e. The molecule has 0 N–H and O–H groups in total. The van der Waals surface area contributed by atoms with Crippen molar-refractivity contribution in [1.82, 2.24) is 9.55 Å². The smallest absolute Gasteiger partial charge is 0.208 e. The fourth-order valence-electron chi connectivity index (χ4n) is 1.83. The molecule has 3 aromatic rings. The molecule has 0 fully saturated rings. The first kappa shape index (κ1) is 10.6. The number of rotatable bonds is 1. The Hall–Kier alpha value is -1.51. The summed E-state index contributed by atoms with van der Waals surface area (Å²) >= 11 is 12.0.